The Bertz CT molecular complexity index is 553. The molecular weight excluding hydrogens is 300 g/mol. The van der Waals surface area contributed by atoms with Crippen LogP contribution in [0.1, 0.15) is 18.4 Å². The van der Waals surface area contributed by atoms with Crippen LogP contribution in [-0.4, -0.2) is 47.6 Å². The van der Waals surface area contributed by atoms with Gasteiger partial charge in [-0.3, -0.25) is 4.79 Å². The molecule has 1 saturated heterocycles. The third-order valence-corrected chi connectivity index (χ3v) is 3.82. The van der Waals surface area contributed by atoms with E-state index in [0.29, 0.717) is 32.5 Å². The molecule has 1 aromatic carbocycles. The standard InChI is InChI=1S/C16H20N2O5/c19-14(15(20)21)17-10-12-6-8-18(9-7-12)16(22)23-11-13-4-2-1-3-5-13/h1-5,12H,6-11H2,(H,17,19)(H,20,21). The van der Waals surface area contributed by atoms with E-state index in [9.17, 15) is 14.4 Å². The fraction of sp³-hybridized carbons (Fsp3) is 0.438. The Balaban J connectivity index is 1.68. The summed E-state index contributed by atoms with van der Waals surface area (Å²) in [4.78, 5) is 35.0. The van der Waals surface area contributed by atoms with E-state index in [-0.39, 0.29) is 18.6 Å². The van der Waals surface area contributed by atoms with Gasteiger partial charge in [0.15, 0.2) is 0 Å². The minimum Gasteiger partial charge on any atom is -0.474 e. The van der Waals surface area contributed by atoms with Gasteiger partial charge in [-0.1, -0.05) is 30.3 Å². The van der Waals surface area contributed by atoms with Gasteiger partial charge in [0.05, 0.1) is 0 Å². The van der Waals surface area contributed by atoms with Gasteiger partial charge in [-0.05, 0) is 24.3 Å². The second-order valence-electron chi connectivity index (χ2n) is 5.49. The van der Waals surface area contributed by atoms with Gasteiger partial charge in [0.2, 0.25) is 0 Å². The van der Waals surface area contributed by atoms with E-state index >= 15 is 0 Å². The monoisotopic (exact) mass is 320 g/mol. The van der Waals surface area contributed by atoms with Gasteiger partial charge < -0.3 is 20.1 Å². The van der Waals surface area contributed by atoms with Crippen LogP contribution in [0.15, 0.2) is 30.3 Å². The predicted molar refractivity (Wildman–Crippen MR) is 81.6 cm³/mol. The van der Waals surface area contributed by atoms with E-state index in [4.69, 9.17) is 9.84 Å². The number of likely N-dealkylation sites (tertiary alicyclic amines) is 1. The second kappa shape index (κ2) is 8.17. The molecule has 1 aliphatic rings. The fourth-order valence-corrected chi connectivity index (χ4v) is 2.44. The average molecular weight is 320 g/mol. The van der Waals surface area contributed by atoms with Gasteiger partial charge in [-0.15, -0.1) is 0 Å². The molecule has 0 saturated carbocycles. The molecule has 1 aliphatic heterocycles. The summed E-state index contributed by atoms with van der Waals surface area (Å²) in [6.07, 6.45) is 1.07. The van der Waals surface area contributed by atoms with Crippen molar-refractivity contribution in [2.75, 3.05) is 19.6 Å². The van der Waals surface area contributed by atoms with Crippen molar-refractivity contribution < 1.29 is 24.2 Å². The lowest BCUT2D eigenvalue weighted by molar-refractivity contribution is -0.150. The smallest absolute Gasteiger partial charge is 0.410 e. The third-order valence-electron chi connectivity index (χ3n) is 3.82. The molecule has 7 heteroatoms. The van der Waals surface area contributed by atoms with Crippen molar-refractivity contribution in [1.29, 1.82) is 0 Å². The largest absolute Gasteiger partial charge is 0.474 e. The molecule has 1 aromatic rings. The first-order valence-electron chi connectivity index (χ1n) is 7.53. The van der Waals surface area contributed by atoms with Crippen molar-refractivity contribution in [3.63, 3.8) is 0 Å². The summed E-state index contributed by atoms with van der Waals surface area (Å²) in [5.74, 6) is -2.29. The number of amides is 2. The zero-order valence-electron chi connectivity index (χ0n) is 12.7. The number of piperidine rings is 1. The molecule has 124 valence electrons. The number of carboxylic acid groups (broad SMARTS) is 1. The summed E-state index contributed by atoms with van der Waals surface area (Å²) >= 11 is 0. The molecule has 0 atom stereocenters. The van der Waals surface area contributed by atoms with E-state index in [1.165, 1.54) is 0 Å². The molecule has 23 heavy (non-hydrogen) atoms. The first-order valence-corrected chi connectivity index (χ1v) is 7.53. The highest BCUT2D eigenvalue weighted by atomic mass is 16.6. The first kappa shape index (κ1) is 16.8. The Hall–Kier alpha value is -2.57. The van der Waals surface area contributed by atoms with Crippen LogP contribution >= 0.6 is 0 Å². The molecule has 0 radical (unpaired) electrons. The van der Waals surface area contributed by atoms with E-state index in [1.54, 1.807) is 4.90 Å². The Morgan fingerprint density at radius 1 is 1.17 bits per heavy atom. The van der Waals surface area contributed by atoms with Crippen LogP contribution in [0.4, 0.5) is 4.79 Å². The van der Waals surface area contributed by atoms with Crippen LogP contribution in [0.2, 0.25) is 0 Å². The third kappa shape index (κ3) is 5.28. The number of carbonyl (C=O) groups excluding carboxylic acids is 2. The van der Waals surface area contributed by atoms with Crippen LogP contribution in [0, 0.1) is 5.92 Å². The van der Waals surface area contributed by atoms with E-state index in [0.717, 1.165) is 5.56 Å². The van der Waals surface area contributed by atoms with Gasteiger partial charge in [-0.2, -0.15) is 0 Å². The number of ether oxygens (including phenoxy) is 1. The van der Waals surface area contributed by atoms with Crippen molar-refractivity contribution in [3.8, 4) is 0 Å². The number of rotatable bonds is 4. The maximum absolute atomic E-state index is 12.0. The molecule has 1 fully saturated rings. The summed E-state index contributed by atoms with van der Waals surface area (Å²) < 4.78 is 5.27. The summed E-state index contributed by atoms with van der Waals surface area (Å²) in [5, 5.41) is 10.9. The van der Waals surface area contributed by atoms with Crippen molar-refractivity contribution in [1.82, 2.24) is 10.2 Å². The van der Waals surface area contributed by atoms with Crippen LogP contribution in [0.3, 0.4) is 0 Å². The zero-order valence-corrected chi connectivity index (χ0v) is 12.7. The molecule has 2 amide bonds. The average Bonchev–Trinajstić information content (AvgIpc) is 2.58. The second-order valence-corrected chi connectivity index (χ2v) is 5.49. The minimum atomic E-state index is -1.48. The normalized spacial score (nSPS) is 15.0. The highest BCUT2D eigenvalue weighted by Crippen LogP contribution is 2.17. The lowest BCUT2D eigenvalue weighted by Gasteiger charge is -2.31. The van der Waals surface area contributed by atoms with Crippen LogP contribution in [0.25, 0.3) is 0 Å². The Kier molecular flexibility index (Phi) is 5.96. The Labute approximate surface area is 134 Å². The van der Waals surface area contributed by atoms with Crippen molar-refractivity contribution in [2.45, 2.75) is 19.4 Å². The number of benzene rings is 1. The lowest BCUT2D eigenvalue weighted by Crippen LogP contribution is -2.42. The topological polar surface area (TPSA) is 95.9 Å². The van der Waals surface area contributed by atoms with Gasteiger partial charge >= 0.3 is 18.0 Å². The molecular formula is C16H20N2O5. The summed E-state index contributed by atoms with van der Waals surface area (Å²) in [5.41, 5.74) is 0.937. The molecule has 0 aliphatic carbocycles. The Morgan fingerprint density at radius 2 is 1.83 bits per heavy atom. The van der Waals surface area contributed by atoms with E-state index in [1.807, 2.05) is 30.3 Å². The highest BCUT2D eigenvalue weighted by Gasteiger charge is 2.24. The summed E-state index contributed by atoms with van der Waals surface area (Å²) in [6.45, 7) is 1.65. The molecule has 0 bridgehead atoms. The van der Waals surface area contributed by atoms with Crippen LogP contribution < -0.4 is 5.32 Å². The SMILES string of the molecule is O=C(O)C(=O)NCC1CCN(C(=O)OCc2ccccc2)CC1. The number of hydrogen-bond donors (Lipinski definition) is 2. The molecule has 2 rings (SSSR count). The fourth-order valence-electron chi connectivity index (χ4n) is 2.44. The van der Waals surface area contributed by atoms with Gasteiger partial charge in [-0.25, -0.2) is 9.59 Å². The van der Waals surface area contributed by atoms with Gasteiger partial charge in [0.25, 0.3) is 0 Å². The zero-order chi connectivity index (χ0) is 16.7. The number of carboxylic acids is 1. The maximum Gasteiger partial charge on any atom is 0.410 e. The molecule has 0 aromatic heterocycles. The number of nitrogens with one attached hydrogen (secondary N) is 1. The maximum atomic E-state index is 12.0. The van der Waals surface area contributed by atoms with Crippen molar-refractivity contribution in [2.24, 2.45) is 5.92 Å². The quantitative estimate of drug-likeness (QED) is 0.814. The van der Waals surface area contributed by atoms with Gasteiger partial charge in [0.1, 0.15) is 6.61 Å². The highest BCUT2D eigenvalue weighted by molar-refractivity contribution is 6.31. The lowest BCUT2D eigenvalue weighted by atomic mass is 9.97. The Morgan fingerprint density at radius 3 is 2.43 bits per heavy atom. The molecule has 7 nitrogen and oxygen atoms in total. The summed E-state index contributed by atoms with van der Waals surface area (Å²) in [7, 11) is 0. The van der Waals surface area contributed by atoms with Crippen LogP contribution in [0.5, 0.6) is 0 Å². The molecule has 0 unspecified atom stereocenters. The number of nitrogens with zero attached hydrogens (tertiary/aromatic N) is 1. The van der Waals surface area contributed by atoms with E-state index < -0.39 is 11.9 Å². The van der Waals surface area contributed by atoms with E-state index in [2.05, 4.69) is 5.32 Å². The first-order chi connectivity index (χ1) is 11.1. The van der Waals surface area contributed by atoms with Crippen molar-refractivity contribution >= 4 is 18.0 Å². The minimum absolute atomic E-state index is 0.177. The number of carbonyl (C=O) groups is 3. The molecule has 0 spiro atoms. The molecule has 1 heterocycles. The molecule has 2 N–H and O–H groups in total. The predicted octanol–water partition coefficient (Wildman–Crippen LogP) is 1.24. The summed E-state index contributed by atoms with van der Waals surface area (Å²) in [6, 6.07) is 9.47. The van der Waals surface area contributed by atoms with Crippen LogP contribution in [-0.2, 0) is 20.9 Å². The van der Waals surface area contributed by atoms with Gasteiger partial charge in [0, 0.05) is 19.6 Å². The number of aliphatic carboxylic acids is 1. The number of hydrogen-bond acceptors (Lipinski definition) is 4. The van der Waals surface area contributed by atoms with Crippen molar-refractivity contribution in [3.05, 3.63) is 35.9 Å².